The van der Waals surface area contributed by atoms with Gasteiger partial charge in [0.15, 0.2) is 0 Å². The molecule has 1 amide bonds. The molecule has 0 bridgehead atoms. The molecule has 0 aliphatic heterocycles. The summed E-state index contributed by atoms with van der Waals surface area (Å²) in [4.78, 5) is 14.2. The zero-order chi connectivity index (χ0) is 16.3. The molecule has 1 atom stereocenters. The van der Waals surface area contributed by atoms with Crippen molar-refractivity contribution >= 4 is 5.91 Å². The normalized spacial score (nSPS) is 13.2. The second kappa shape index (κ2) is 11.0. The predicted octanol–water partition coefficient (Wildman–Crippen LogP) is 1.90. The molecule has 21 heavy (non-hydrogen) atoms. The average Bonchev–Trinajstić information content (AvgIpc) is 2.42. The summed E-state index contributed by atoms with van der Waals surface area (Å²) in [6.07, 6.45) is 2.41. The van der Waals surface area contributed by atoms with Gasteiger partial charge < -0.3 is 20.1 Å². The van der Waals surface area contributed by atoms with Gasteiger partial charge in [0.2, 0.25) is 5.91 Å². The third-order valence-corrected chi connectivity index (χ3v) is 3.93. The van der Waals surface area contributed by atoms with Crippen molar-refractivity contribution < 1.29 is 14.3 Å². The highest BCUT2D eigenvalue weighted by atomic mass is 16.5. The van der Waals surface area contributed by atoms with E-state index in [9.17, 15) is 4.79 Å². The first-order valence-electron chi connectivity index (χ1n) is 7.82. The highest BCUT2D eigenvalue weighted by molar-refractivity contribution is 5.76. The first-order chi connectivity index (χ1) is 9.86. The molecule has 5 heteroatoms. The minimum absolute atomic E-state index is 0.176. The zero-order valence-corrected chi connectivity index (χ0v) is 14.5. The number of amides is 1. The number of carbonyl (C=O) groups is 1. The fourth-order valence-corrected chi connectivity index (χ4v) is 2.43. The number of hydrogen-bond acceptors (Lipinski definition) is 4. The first-order valence-corrected chi connectivity index (χ1v) is 7.82. The lowest BCUT2D eigenvalue weighted by Crippen LogP contribution is -2.37. The summed E-state index contributed by atoms with van der Waals surface area (Å²) in [6, 6.07) is 0. The Bertz CT molecular complexity index is 269. The monoisotopic (exact) mass is 302 g/mol. The summed E-state index contributed by atoms with van der Waals surface area (Å²) >= 11 is 0. The lowest BCUT2D eigenvalue weighted by molar-refractivity contribution is -0.133. The van der Waals surface area contributed by atoms with Gasteiger partial charge in [-0.2, -0.15) is 0 Å². The van der Waals surface area contributed by atoms with Crippen LogP contribution in [0.3, 0.4) is 0 Å². The van der Waals surface area contributed by atoms with Gasteiger partial charge in [0.25, 0.3) is 0 Å². The van der Waals surface area contributed by atoms with Crippen LogP contribution in [-0.4, -0.2) is 57.9 Å². The minimum Gasteiger partial charge on any atom is -0.383 e. The highest BCUT2D eigenvalue weighted by Gasteiger charge is 2.25. The van der Waals surface area contributed by atoms with Gasteiger partial charge in [-0.3, -0.25) is 4.79 Å². The summed E-state index contributed by atoms with van der Waals surface area (Å²) in [5.74, 6) is 0.647. The van der Waals surface area contributed by atoms with Crippen LogP contribution in [0.5, 0.6) is 0 Å². The molecule has 5 nitrogen and oxygen atoms in total. The summed E-state index contributed by atoms with van der Waals surface area (Å²) < 4.78 is 10.1. The summed E-state index contributed by atoms with van der Waals surface area (Å²) in [6.45, 7) is 9.67. The number of hydrogen-bond donors (Lipinski definition) is 1. The standard InChI is InChI=1S/C16H34N2O3/c1-16(2,3)14(8-9-17)6-7-15(19)18(10-12-20-4)11-13-21-5/h14H,6-13,17H2,1-5H3. The number of nitrogens with zero attached hydrogens (tertiary/aromatic N) is 1. The quantitative estimate of drug-likeness (QED) is 0.633. The molecule has 0 saturated heterocycles. The van der Waals surface area contributed by atoms with E-state index < -0.39 is 0 Å². The van der Waals surface area contributed by atoms with Gasteiger partial charge >= 0.3 is 0 Å². The van der Waals surface area contributed by atoms with Gasteiger partial charge in [-0.1, -0.05) is 20.8 Å². The lowest BCUT2D eigenvalue weighted by atomic mass is 9.76. The van der Waals surface area contributed by atoms with Crippen molar-refractivity contribution in [3.05, 3.63) is 0 Å². The second-order valence-electron chi connectivity index (χ2n) is 6.55. The number of carbonyl (C=O) groups excluding carboxylic acids is 1. The molecule has 0 rings (SSSR count). The van der Waals surface area contributed by atoms with Crippen LogP contribution in [0.4, 0.5) is 0 Å². The van der Waals surface area contributed by atoms with E-state index in [0.29, 0.717) is 45.2 Å². The van der Waals surface area contributed by atoms with E-state index in [-0.39, 0.29) is 11.3 Å². The molecule has 2 N–H and O–H groups in total. The van der Waals surface area contributed by atoms with Gasteiger partial charge in [0, 0.05) is 33.7 Å². The topological polar surface area (TPSA) is 64.8 Å². The molecule has 0 spiro atoms. The summed E-state index contributed by atoms with van der Waals surface area (Å²) in [7, 11) is 3.30. The third kappa shape index (κ3) is 9.06. The van der Waals surface area contributed by atoms with Gasteiger partial charge in [0.05, 0.1) is 13.2 Å². The van der Waals surface area contributed by atoms with Crippen LogP contribution in [0.25, 0.3) is 0 Å². The van der Waals surface area contributed by atoms with Crippen molar-refractivity contribution in [2.75, 3.05) is 47.1 Å². The SMILES string of the molecule is COCCN(CCOC)C(=O)CCC(CCN)C(C)(C)C. The summed E-state index contributed by atoms with van der Waals surface area (Å²) in [5.41, 5.74) is 5.88. The number of ether oxygens (including phenoxy) is 2. The molecular weight excluding hydrogens is 268 g/mol. The second-order valence-corrected chi connectivity index (χ2v) is 6.55. The van der Waals surface area contributed by atoms with Crippen molar-refractivity contribution in [2.45, 2.75) is 40.0 Å². The highest BCUT2D eigenvalue weighted by Crippen LogP contribution is 2.32. The van der Waals surface area contributed by atoms with Gasteiger partial charge in [-0.05, 0) is 30.7 Å². The van der Waals surface area contributed by atoms with Crippen LogP contribution in [0, 0.1) is 11.3 Å². The van der Waals surface area contributed by atoms with Crippen molar-refractivity contribution in [1.29, 1.82) is 0 Å². The summed E-state index contributed by atoms with van der Waals surface area (Å²) in [5, 5.41) is 0. The molecule has 0 radical (unpaired) electrons. The van der Waals surface area contributed by atoms with Crippen LogP contribution >= 0.6 is 0 Å². The molecule has 0 fully saturated rings. The number of nitrogens with two attached hydrogens (primary N) is 1. The maximum atomic E-state index is 12.4. The minimum atomic E-state index is 0.176. The van der Waals surface area contributed by atoms with E-state index in [1.54, 1.807) is 14.2 Å². The van der Waals surface area contributed by atoms with Crippen LogP contribution in [0.1, 0.15) is 40.0 Å². The Balaban J connectivity index is 4.43. The Morgan fingerprint density at radius 1 is 1.10 bits per heavy atom. The van der Waals surface area contributed by atoms with Gasteiger partial charge in [-0.15, -0.1) is 0 Å². The van der Waals surface area contributed by atoms with Crippen LogP contribution < -0.4 is 5.73 Å². The Kier molecular flexibility index (Phi) is 10.6. The van der Waals surface area contributed by atoms with E-state index in [0.717, 1.165) is 12.8 Å². The van der Waals surface area contributed by atoms with Crippen molar-refractivity contribution in [3.8, 4) is 0 Å². The maximum absolute atomic E-state index is 12.4. The van der Waals surface area contributed by atoms with Crippen molar-refractivity contribution in [2.24, 2.45) is 17.1 Å². The number of methoxy groups -OCH3 is 2. The molecule has 0 aromatic carbocycles. The Labute approximate surface area is 130 Å². The Hall–Kier alpha value is -0.650. The molecule has 0 aliphatic rings. The zero-order valence-electron chi connectivity index (χ0n) is 14.5. The molecule has 0 heterocycles. The van der Waals surface area contributed by atoms with Crippen LogP contribution in [0.2, 0.25) is 0 Å². The smallest absolute Gasteiger partial charge is 0.222 e. The van der Waals surface area contributed by atoms with E-state index in [1.807, 2.05) is 4.90 Å². The molecule has 0 saturated carbocycles. The third-order valence-electron chi connectivity index (χ3n) is 3.93. The van der Waals surface area contributed by atoms with E-state index in [1.165, 1.54) is 0 Å². The van der Waals surface area contributed by atoms with Crippen molar-refractivity contribution in [3.63, 3.8) is 0 Å². The van der Waals surface area contributed by atoms with Crippen LogP contribution in [-0.2, 0) is 14.3 Å². The molecular formula is C16H34N2O3. The average molecular weight is 302 g/mol. The van der Waals surface area contributed by atoms with Crippen LogP contribution in [0.15, 0.2) is 0 Å². The van der Waals surface area contributed by atoms with Gasteiger partial charge in [-0.25, -0.2) is 0 Å². The largest absolute Gasteiger partial charge is 0.383 e. The lowest BCUT2D eigenvalue weighted by Gasteiger charge is -2.31. The molecule has 0 aromatic heterocycles. The Morgan fingerprint density at radius 2 is 1.62 bits per heavy atom. The molecule has 0 aromatic rings. The first kappa shape index (κ1) is 20.3. The van der Waals surface area contributed by atoms with E-state index >= 15 is 0 Å². The Morgan fingerprint density at radius 3 is 2.00 bits per heavy atom. The molecule has 0 aliphatic carbocycles. The molecule has 1 unspecified atom stereocenters. The maximum Gasteiger partial charge on any atom is 0.222 e. The number of rotatable bonds is 11. The van der Waals surface area contributed by atoms with E-state index in [2.05, 4.69) is 20.8 Å². The van der Waals surface area contributed by atoms with Crippen molar-refractivity contribution in [1.82, 2.24) is 4.90 Å². The van der Waals surface area contributed by atoms with E-state index in [4.69, 9.17) is 15.2 Å². The van der Waals surface area contributed by atoms with Gasteiger partial charge in [0.1, 0.15) is 0 Å². The fraction of sp³-hybridized carbons (Fsp3) is 0.938. The predicted molar refractivity (Wildman–Crippen MR) is 86.2 cm³/mol. The fourth-order valence-electron chi connectivity index (χ4n) is 2.43. The molecule has 126 valence electrons.